The van der Waals surface area contributed by atoms with Gasteiger partial charge in [0.05, 0.1) is 24.8 Å². The molecule has 0 aliphatic carbocycles. The van der Waals surface area contributed by atoms with Crippen LogP contribution < -0.4 is 9.47 Å². The molecule has 0 aliphatic rings. The number of halogens is 3. The number of nitrogens with zero attached hydrogens (tertiary/aromatic N) is 2. The number of imidazole rings is 1. The molecule has 0 atom stereocenters. The van der Waals surface area contributed by atoms with E-state index in [4.69, 9.17) is 9.47 Å². The molecule has 0 unspecified atom stereocenters. The van der Waals surface area contributed by atoms with Crippen molar-refractivity contribution in [3.05, 3.63) is 54.4 Å². The molecule has 138 valence electrons. The van der Waals surface area contributed by atoms with E-state index in [-0.39, 0.29) is 6.54 Å². The van der Waals surface area contributed by atoms with Crippen molar-refractivity contribution < 1.29 is 22.6 Å². The van der Waals surface area contributed by atoms with Gasteiger partial charge in [-0.1, -0.05) is 24.3 Å². The minimum atomic E-state index is -4.48. The van der Waals surface area contributed by atoms with Crippen molar-refractivity contribution in [2.24, 2.45) is 0 Å². The van der Waals surface area contributed by atoms with Gasteiger partial charge in [0.1, 0.15) is 0 Å². The van der Waals surface area contributed by atoms with Gasteiger partial charge in [-0.15, -0.1) is 0 Å². The fraction of sp³-hybridized carbons (Fsp3) is 0.316. The number of hydrogen-bond acceptors (Lipinski definition) is 3. The van der Waals surface area contributed by atoms with Crippen LogP contribution in [0.5, 0.6) is 11.5 Å². The summed E-state index contributed by atoms with van der Waals surface area (Å²) in [4.78, 5) is 3.74. The Morgan fingerprint density at radius 1 is 0.962 bits per heavy atom. The Morgan fingerprint density at radius 2 is 1.65 bits per heavy atom. The van der Waals surface area contributed by atoms with Crippen molar-refractivity contribution in [3.63, 3.8) is 0 Å². The lowest BCUT2D eigenvalue weighted by Crippen LogP contribution is -2.15. The zero-order chi connectivity index (χ0) is 18.6. The first-order chi connectivity index (χ1) is 12.5. The first kappa shape index (κ1) is 18.1. The van der Waals surface area contributed by atoms with Gasteiger partial charge in [-0.05, 0) is 37.1 Å². The van der Waals surface area contributed by atoms with E-state index in [1.807, 2.05) is 12.1 Å². The number of ether oxygens (including phenoxy) is 2. The van der Waals surface area contributed by atoms with Gasteiger partial charge in [0, 0.05) is 6.54 Å². The third-order valence-corrected chi connectivity index (χ3v) is 4.01. The summed E-state index contributed by atoms with van der Waals surface area (Å²) in [5.41, 5.74) is 0.843. The molecule has 0 saturated carbocycles. The summed E-state index contributed by atoms with van der Waals surface area (Å²) in [6, 6.07) is 13.9. The molecule has 1 aromatic heterocycles. The van der Waals surface area contributed by atoms with E-state index < -0.39 is 12.0 Å². The highest BCUT2D eigenvalue weighted by molar-refractivity contribution is 5.76. The molecule has 0 fully saturated rings. The van der Waals surface area contributed by atoms with E-state index >= 15 is 0 Å². The van der Waals surface area contributed by atoms with Gasteiger partial charge in [-0.25, -0.2) is 4.98 Å². The molecule has 0 spiro atoms. The monoisotopic (exact) mass is 364 g/mol. The zero-order valence-corrected chi connectivity index (χ0v) is 14.3. The highest BCUT2D eigenvalue weighted by Crippen LogP contribution is 2.32. The van der Waals surface area contributed by atoms with Crippen LogP contribution in [0.3, 0.4) is 0 Å². The molecule has 0 bridgehead atoms. The maximum absolute atomic E-state index is 13.2. The largest absolute Gasteiger partial charge is 0.493 e. The summed E-state index contributed by atoms with van der Waals surface area (Å²) in [5, 5.41) is 0. The second-order valence-electron chi connectivity index (χ2n) is 5.78. The molecule has 3 aromatic rings. The molecule has 3 rings (SSSR count). The maximum atomic E-state index is 13.2. The van der Waals surface area contributed by atoms with Gasteiger partial charge < -0.3 is 14.0 Å². The second kappa shape index (κ2) is 7.68. The number of para-hydroxylation sites is 4. The number of aryl methyl sites for hydroxylation is 1. The van der Waals surface area contributed by atoms with Gasteiger partial charge in [0.25, 0.3) is 0 Å². The molecule has 7 heteroatoms. The molecular formula is C19H19F3N2O2. The van der Waals surface area contributed by atoms with Crippen molar-refractivity contribution in [2.45, 2.75) is 25.6 Å². The number of aromatic nitrogens is 2. The number of alkyl halides is 3. The van der Waals surface area contributed by atoms with Gasteiger partial charge >= 0.3 is 6.18 Å². The number of fused-ring (bicyclic) bond motifs is 1. The van der Waals surface area contributed by atoms with Gasteiger partial charge in [-0.3, -0.25) is 0 Å². The van der Waals surface area contributed by atoms with Crippen molar-refractivity contribution >= 4 is 11.0 Å². The Hall–Kier alpha value is -2.70. The van der Waals surface area contributed by atoms with Crippen LogP contribution in [-0.2, 0) is 12.7 Å². The molecule has 0 N–H and O–H groups in total. The van der Waals surface area contributed by atoms with Crippen molar-refractivity contribution in [1.82, 2.24) is 9.55 Å². The fourth-order valence-corrected chi connectivity index (χ4v) is 2.81. The molecule has 0 radical (unpaired) electrons. The first-order valence-electron chi connectivity index (χ1n) is 8.29. The maximum Gasteiger partial charge on any atom is 0.449 e. The standard InChI is InChI=1S/C19H19F3N2O2/c1-25-16-10-4-5-11-17(16)26-13-7-6-12-24-15-9-3-2-8-14(15)23-18(24)19(20,21)22/h2-5,8-11H,6-7,12-13H2,1H3. The van der Waals surface area contributed by atoms with Gasteiger partial charge in [-0.2, -0.15) is 13.2 Å². The van der Waals surface area contributed by atoms with Crippen molar-refractivity contribution in [1.29, 1.82) is 0 Å². The predicted molar refractivity (Wildman–Crippen MR) is 92.5 cm³/mol. The molecule has 0 amide bonds. The molecule has 26 heavy (non-hydrogen) atoms. The Balaban J connectivity index is 1.63. The van der Waals surface area contributed by atoms with Crippen LogP contribution in [0.2, 0.25) is 0 Å². The minimum absolute atomic E-state index is 0.227. The molecule has 0 saturated heterocycles. The van der Waals surface area contributed by atoms with Crippen molar-refractivity contribution in [3.8, 4) is 11.5 Å². The van der Waals surface area contributed by atoms with Crippen LogP contribution >= 0.6 is 0 Å². The van der Waals surface area contributed by atoms with Crippen LogP contribution in [0.15, 0.2) is 48.5 Å². The minimum Gasteiger partial charge on any atom is -0.493 e. The number of unbranched alkanes of at least 4 members (excludes halogenated alkanes) is 1. The summed E-state index contributed by atoms with van der Waals surface area (Å²) in [6.07, 6.45) is -3.33. The lowest BCUT2D eigenvalue weighted by molar-refractivity contribution is -0.147. The van der Waals surface area contributed by atoms with E-state index in [0.717, 1.165) is 0 Å². The normalized spacial score (nSPS) is 11.7. The van der Waals surface area contributed by atoms with E-state index in [1.165, 1.54) is 4.57 Å². The van der Waals surface area contributed by atoms with E-state index in [1.54, 1.807) is 43.5 Å². The van der Waals surface area contributed by atoms with Crippen LogP contribution in [0.1, 0.15) is 18.7 Å². The van der Waals surface area contributed by atoms with Crippen LogP contribution in [0, 0.1) is 0 Å². The Bertz CT molecular complexity index is 875. The Labute approximate surface area is 149 Å². The summed E-state index contributed by atoms with van der Waals surface area (Å²) >= 11 is 0. The lowest BCUT2D eigenvalue weighted by Gasteiger charge is -2.12. The Kier molecular flexibility index (Phi) is 5.35. The smallest absolute Gasteiger partial charge is 0.449 e. The molecule has 4 nitrogen and oxygen atoms in total. The number of benzene rings is 2. The zero-order valence-electron chi connectivity index (χ0n) is 14.3. The number of methoxy groups -OCH3 is 1. The van der Waals surface area contributed by atoms with Crippen LogP contribution in [0.4, 0.5) is 13.2 Å². The molecule has 2 aromatic carbocycles. The first-order valence-corrected chi connectivity index (χ1v) is 8.29. The van der Waals surface area contributed by atoms with Gasteiger partial charge in [0.15, 0.2) is 11.5 Å². The summed E-state index contributed by atoms with van der Waals surface area (Å²) in [5.74, 6) is 0.399. The van der Waals surface area contributed by atoms with Crippen molar-refractivity contribution in [2.75, 3.05) is 13.7 Å². The Morgan fingerprint density at radius 3 is 2.38 bits per heavy atom. The third kappa shape index (κ3) is 3.92. The fourth-order valence-electron chi connectivity index (χ4n) is 2.81. The summed E-state index contributed by atoms with van der Waals surface area (Å²) in [6.45, 7) is 0.624. The van der Waals surface area contributed by atoms with E-state index in [2.05, 4.69) is 4.98 Å². The lowest BCUT2D eigenvalue weighted by atomic mass is 10.3. The predicted octanol–water partition coefficient (Wildman–Crippen LogP) is 4.92. The average molecular weight is 364 g/mol. The van der Waals surface area contributed by atoms with Crippen LogP contribution in [0.25, 0.3) is 11.0 Å². The molecular weight excluding hydrogens is 345 g/mol. The molecule has 1 heterocycles. The number of rotatable bonds is 7. The number of hydrogen-bond donors (Lipinski definition) is 0. The van der Waals surface area contributed by atoms with E-state index in [0.29, 0.717) is 42.0 Å². The van der Waals surface area contributed by atoms with Gasteiger partial charge in [0.2, 0.25) is 5.82 Å². The quantitative estimate of drug-likeness (QED) is 0.558. The second-order valence-corrected chi connectivity index (χ2v) is 5.78. The summed E-state index contributed by atoms with van der Waals surface area (Å²) in [7, 11) is 1.56. The van der Waals surface area contributed by atoms with Crippen LogP contribution in [-0.4, -0.2) is 23.3 Å². The molecule has 0 aliphatic heterocycles. The summed E-state index contributed by atoms with van der Waals surface area (Å²) < 4.78 is 51.8. The SMILES string of the molecule is COc1ccccc1OCCCCn1c(C(F)(F)F)nc2ccccc21. The highest BCUT2D eigenvalue weighted by Gasteiger charge is 2.37. The topological polar surface area (TPSA) is 36.3 Å². The average Bonchev–Trinajstić information content (AvgIpc) is 3.01. The third-order valence-electron chi connectivity index (χ3n) is 4.01. The highest BCUT2D eigenvalue weighted by atomic mass is 19.4. The van der Waals surface area contributed by atoms with E-state index in [9.17, 15) is 13.2 Å².